The number of halogens is 1. The van der Waals surface area contributed by atoms with E-state index in [9.17, 15) is 14.0 Å². The Bertz CT molecular complexity index is 1200. The molecule has 1 aromatic heterocycles. The number of hydrogen-bond donors (Lipinski definition) is 2. The molecule has 1 unspecified atom stereocenters. The van der Waals surface area contributed by atoms with Crippen LogP contribution in [0.3, 0.4) is 0 Å². The number of carbonyl (C=O) groups is 1. The SMILES string of the molecule is Cc1cc(F)cc2c(=O)[nH]c(-c3ccc(C(=O)N(C)C4(N)CCCN(C)C4)cc3)cc12. The van der Waals surface area contributed by atoms with E-state index in [1.165, 1.54) is 12.1 Å². The molecular formula is C24H27FN4O2. The molecule has 0 saturated carbocycles. The number of aromatic amines is 1. The number of piperidine rings is 1. The Kier molecular flexibility index (Phi) is 5.41. The van der Waals surface area contributed by atoms with Crippen molar-refractivity contribution in [3.63, 3.8) is 0 Å². The van der Waals surface area contributed by atoms with E-state index in [1.807, 2.05) is 13.1 Å². The van der Waals surface area contributed by atoms with E-state index in [-0.39, 0.29) is 11.5 Å². The van der Waals surface area contributed by atoms with E-state index in [0.29, 0.717) is 34.1 Å². The van der Waals surface area contributed by atoms with Gasteiger partial charge in [-0.1, -0.05) is 12.1 Å². The number of carbonyl (C=O) groups excluding carboxylic acids is 1. The molecule has 0 bridgehead atoms. The molecule has 0 aliphatic carbocycles. The maximum atomic E-state index is 13.7. The van der Waals surface area contributed by atoms with Crippen LogP contribution in [-0.4, -0.2) is 53.5 Å². The minimum Gasteiger partial charge on any atom is -0.322 e. The first-order valence-electron chi connectivity index (χ1n) is 10.4. The van der Waals surface area contributed by atoms with Gasteiger partial charge in [-0.3, -0.25) is 9.59 Å². The number of likely N-dealkylation sites (tertiary alicyclic amines) is 1. The largest absolute Gasteiger partial charge is 0.322 e. The van der Waals surface area contributed by atoms with E-state index in [4.69, 9.17) is 5.73 Å². The second-order valence-electron chi connectivity index (χ2n) is 8.58. The highest BCUT2D eigenvalue weighted by molar-refractivity contribution is 5.95. The maximum absolute atomic E-state index is 13.7. The van der Waals surface area contributed by atoms with Crippen molar-refractivity contribution in [1.82, 2.24) is 14.8 Å². The Hall–Kier alpha value is -3.03. The maximum Gasteiger partial charge on any atom is 0.256 e. The average molecular weight is 423 g/mol. The molecule has 162 valence electrons. The van der Waals surface area contributed by atoms with Crippen molar-refractivity contribution in [3.8, 4) is 11.3 Å². The van der Waals surface area contributed by atoms with Gasteiger partial charge in [0.05, 0.1) is 5.39 Å². The fourth-order valence-electron chi connectivity index (χ4n) is 4.40. The lowest BCUT2D eigenvalue weighted by atomic mass is 9.96. The van der Waals surface area contributed by atoms with Gasteiger partial charge < -0.3 is 20.5 Å². The monoisotopic (exact) mass is 422 g/mol. The summed E-state index contributed by atoms with van der Waals surface area (Å²) in [6, 6.07) is 11.6. The molecule has 7 heteroatoms. The van der Waals surface area contributed by atoms with Crippen LogP contribution in [0.1, 0.15) is 28.8 Å². The zero-order valence-corrected chi connectivity index (χ0v) is 18.0. The first kappa shape index (κ1) is 21.2. The molecular weight excluding hydrogens is 395 g/mol. The number of H-pyrrole nitrogens is 1. The number of aromatic nitrogens is 1. The van der Waals surface area contributed by atoms with Gasteiger partial charge in [0.25, 0.3) is 11.5 Å². The second kappa shape index (κ2) is 7.90. The molecule has 1 atom stereocenters. The Labute approximate surface area is 180 Å². The Morgan fingerprint density at radius 2 is 1.90 bits per heavy atom. The average Bonchev–Trinajstić information content (AvgIpc) is 2.73. The summed E-state index contributed by atoms with van der Waals surface area (Å²) in [7, 11) is 3.76. The van der Waals surface area contributed by atoms with Crippen LogP contribution in [0, 0.1) is 12.7 Å². The summed E-state index contributed by atoms with van der Waals surface area (Å²) in [6.45, 7) is 3.38. The van der Waals surface area contributed by atoms with Crippen molar-refractivity contribution in [2.24, 2.45) is 5.73 Å². The van der Waals surface area contributed by atoms with Gasteiger partial charge >= 0.3 is 0 Å². The van der Waals surface area contributed by atoms with E-state index >= 15 is 0 Å². The fourth-order valence-corrected chi connectivity index (χ4v) is 4.40. The standard InChI is InChI=1S/C24H27FN4O2/c1-15-11-18(25)12-20-19(15)13-21(27-22(20)30)16-5-7-17(8-6-16)23(31)29(3)24(26)9-4-10-28(2)14-24/h5-8,11-13H,4,9-10,14,26H2,1-3H3,(H,27,30). The van der Waals surface area contributed by atoms with Crippen molar-refractivity contribution in [2.45, 2.75) is 25.4 Å². The Balaban J connectivity index is 1.62. The highest BCUT2D eigenvalue weighted by Crippen LogP contribution is 2.26. The molecule has 4 rings (SSSR count). The molecule has 2 aromatic carbocycles. The zero-order valence-electron chi connectivity index (χ0n) is 18.0. The van der Waals surface area contributed by atoms with Gasteiger partial charge in [-0.05, 0) is 80.2 Å². The number of amides is 1. The number of nitrogens with two attached hydrogens (primary N) is 1. The van der Waals surface area contributed by atoms with Crippen LogP contribution in [0.5, 0.6) is 0 Å². The summed E-state index contributed by atoms with van der Waals surface area (Å²) in [5.41, 5.74) is 8.11. The number of nitrogens with zero attached hydrogens (tertiary/aromatic N) is 2. The van der Waals surface area contributed by atoms with Gasteiger partial charge in [0.1, 0.15) is 11.5 Å². The number of aryl methyl sites for hydroxylation is 1. The number of rotatable bonds is 3. The molecule has 0 radical (unpaired) electrons. The number of hydrogen-bond acceptors (Lipinski definition) is 4. The lowest BCUT2D eigenvalue weighted by Crippen LogP contribution is -2.64. The predicted molar refractivity (Wildman–Crippen MR) is 120 cm³/mol. The Morgan fingerprint density at radius 3 is 2.58 bits per heavy atom. The molecule has 1 saturated heterocycles. The fraction of sp³-hybridized carbons (Fsp3) is 0.333. The van der Waals surface area contributed by atoms with Crippen molar-refractivity contribution in [2.75, 3.05) is 27.2 Å². The molecule has 1 aliphatic heterocycles. The summed E-state index contributed by atoms with van der Waals surface area (Å²) >= 11 is 0. The quantitative estimate of drug-likeness (QED) is 0.636. The van der Waals surface area contributed by atoms with Gasteiger partial charge in [-0.2, -0.15) is 0 Å². The summed E-state index contributed by atoms with van der Waals surface area (Å²) in [4.78, 5) is 32.1. The minimum atomic E-state index is -0.695. The predicted octanol–water partition coefficient (Wildman–Crippen LogP) is 3.10. The third-order valence-corrected chi connectivity index (χ3v) is 6.24. The minimum absolute atomic E-state index is 0.136. The van der Waals surface area contributed by atoms with Gasteiger partial charge in [0, 0.05) is 24.8 Å². The molecule has 1 fully saturated rings. The number of nitrogens with one attached hydrogen (secondary N) is 1. The van der Waals surface area contributed by atoms with Crippen LogP contribution in [0.4, 0.5) is 4.39 Å². The number of fused-ring (bicyclic) bond motifs is 1. The van der Waals surface area contributed by atoms with Crippen LogP contribution >= 0.6 is 0 Å². The van der Waals surface area contributed by atoms with Crippen molar-refractivity contribution < 1.29 is 9.18 Å². The third-order valence-electron chi connectivity index (χ3n) is 6.24. The van der Waals surface area contributed by atoms with Gasteiger partial charge in [0.15, 0.2) is 0 Å². The van der Waals surface area contributed by atoms with Gasteiger partial charge in [-0.25, -0.2) is 4.39 Å². The third kappa shape index (κ3) is 3.98. The van der Waals surface area contributed by atoms with E-state index in [0.717, 1.165) is 24.9 Å². The smallest absolute Gasteiger partial charge is 0.256 e. The van der Waals surface area contributed by atoms with Crippen LogP contribution in [0.15, 0.2) is 47.3 Å². The van der Waals surface area contributed by atoms with Crippen LogP contribution in [0.25, 0.3) is 22.0 Å². The molecule has 31 heavy (non-hydrogen) atoms. The van der Waals surface area contributed by atoms with E-state index < -0.39 is 11.5 Å². The zero-order chi connectivity index (χ0) is 22.3. The van der Waals surface area contributed by atoms with Gasteiger partial charge in [0.2, 0.25) is 0 Å². The van der Waals surface area contributed by atoms with Crippen LogP contribution in [0.2, 0.25) is 0 Å². The van der Waals surface area contributed by atoms with Crippen molar-refractivity contribution in [3.05, 3.63) is 69.8 Å². The summed E-state index contributed by atoms with van der Waals surface area (Å²) in [5, 5.41) is 1.02. The normalized spacial score (nSPS) is 19.5. The van der Waals surface area contributed by atoms with Gasteiger partial charge in [-0.15, -0.1) is 0 Å². The van der Waals surface area contributed by atoms with Crippen molar-refractivity contribution in [1.29, 1.82) is 0 Å². The summed E-state index contributed by atoms with van der Waals surface area (Å²) < 4.78 is 13.7. The number of pyridine rings is 1. The summed E-state index contributed by atoms with van der Waals surface area (Å²) in [5.74, 6) is -0.570. The van der Waals surface area contributed by atoms with Crippen LogP contribution < -0.4 is 11.3 Å². The number of benzene rings is 2. The van der Waals surface area contributed by atoms with Crippen LogP contribution in [-0.2, 0) is 0 Å². The molecule has 1 amide bonds. The first-order valence-corrected chi connectivity index (χ1v) is 10.4. The Morgan fingerprint density at radius 1 is 1.19 bits per heavy atom. The molecule has 1 aliphatic rings. The highest BCUT2D eigenvalue weighted by atomic mass is 19.1. The molecule has 6 nitrogen and oxygen atoms in total. The van der Waals surface area contributed by atoms with E-state index in [1.54, 1.807) is 43.1 Å². The molecule has 3 aromatic rings. The first-order chi connectivity index (χ1) is 14.7. The lowest BCUT2D eigenvalue weighted by molar-refractivity contribution is 0.0318. The summed E-state index contributed by atoms with van der Waals surface area (Å²) in [6.07, 6.45) is 1.71. The molecule has 3 N–H and O–H groups in total. The highest BCUT2D eigenvalue weighted by Gasteiger charge is 2.37. The molecule has 0 spiro atoms. The van der Waals surface area contributed by atoms with E-state index in [2.05, 4.69) is 9.88 Å². The molecule has 2 heterocycles. The topological polar surface area (TPSA) is 82.4 Å². The van der Waals surface area contributed by atoms with Crippen molar-refractivity contribution >= 4 is 16.7 Å². The number of likely N-dealkylation sites (N-methyl/N-ethyl adjacent to an activating group) is 2. The second-order valence-corrected chi connectivity index (χ2v) is 8.58. The lowest BCUT2D eigenvalue weighted by Gasteiger charge is -2.44.